The lowest BCUT2D eigenvalue weighted by Gasteiger charge is -2.17. The molecule has 1 aromatic heterocycles. The van der Waals surface area contributed by atoms with Gasteiger partial charge in [-0.25, -0.2) is 4.68 Å². The Bertz CT molecular complexity index is 882. The summed E-state index contributed by atoms with van der Waals surface area (Å²) in [5.41, 5.74) is 4.41. The molecule has 0 spiro atoms. The smallest absolute Gasteiger partial charge is 0.244 e. The molecule has 0 atom stereocenters. The summed E-state index contributed by atoms with van der Waals surface area (Å²) in [4.78, 5) is 12.7. The number of fused-ring (bicyclic) bond motifs is 3. The van der Waals surface area contributed by atoms with Gasteiger partial charge in [0.05, 0.1) is 18.0 Å². The molecule has 4 nitrogen and oxygen atoms in total. The largest absolute Gasteiger partial charge is 0.476 e. The van der Waals surface area contributed by atoms with Crippen LogP contribution in [-0.2, 0) is 6.42 Å². The molecule has 0 saturated heterocycles. The van der Waals surface area contributed by atoms with Gasteiger partial charge in [-0.3, -0.25) is 4.79 Å². The molecule has 0 radical (unpaired) electrons. The molecule has 1 aliphatic rings. The lowest BCUT2D eigenvalue weighted by atomic mass is 9.89. The maximum absolute atomic E-state index is 12.7. The molecule has 0 aliphatic heterocycles. The monoisotopic (exact) mass is 304 g/mol. The van der Waals surface area contributed by atoms with E-state index < -0.39 is 0 Å². The summed E-state index contributed by atoms with van der Waals surface area (Å²) >= 11 is 0. The number of ketones is 1. The summed E-state index contributed by atoms with van der Waals surface area (Å²) in [5.74, 6) is 0.482. The number of nitrogens with zero attached hydrogens (tertiary/aromatic N) is 2. The summed E-state index contributed by atoms with van der Waals surface area (Å²) in [6.45, 7) is 2.38. The van der Waals surface area contributed by atoms with Gasteiger partial charge in [-0.2, -0.15) is 0 Å². The van der Waals surface area contributed by atoms with E-state index in [4.69, 9.17) is 4.74 Å². The van der Waals surface area contributed by atoms with Crippen molar-refractivity contribution in [2.75, 3.05) is 6.61 Å². The predicted molar refractivity (Wildman–Crippen MR) is 88.2 cm³/mol. The molecular weight excluding hydrogens is 288 g/mol. The lowest BCUT2D eigenvalue weighted by Crippen LogP contribution is -2.14. The highest BCUT2D eigenvalue weighted by molar-refractivity contribution is 6.08. The Morgan fingerprint density at radius 3 is 2.61 bits per heavy atom. The van der Waals surface area contributed by atoms with Gasteiger partial charge >= 0.3 is 0 Å². The molecule has 4 rings (SSSR count). The van der Waals surface area contributed by atoms with Gasteiger partial charge in [0, 0.05) is 12.0 Å². The van der Waals surface area contributed by atoms with Gasteiger partial charge in [0.2, 0.25) is 5.88 Å². The fraction of sp³-hybridized carbons (Fsp3) is 0.158. The first-order valence-corrected chi connectivity index (χ1v) is 7.72. The second-order valence-corrected chi connectivity index (χ2v) is 5.47. The van der Waals surface area contributed by atoms with Crippen molar-refractivity contribution in [3.8, 4) is 22.8 Å². The summed E-state index contributed by atoms with van der Waals surface area (Å²) < 4.78 is 7.45. The van der Waals surface area contributed by atoms with E-state index in [1.807, 2.05) is 66.2 Å². The van der Waals surface area contributed by atoms with E-state index in [1.165, 1.54) is 0 Å². The summed E-state index contributed by atoms with van der Waals surface area (Å²) in [7, 11) is 0. The van der Waals surface area contributed by atoms with Crippen molar-refractivity contribution in [3.05, 3.63) is 65.7 Å². The van der Waals surface area contributed by atoms with Gasteiger partial charge in [-0.1, -0.05) is 42.5 Å². The van der Waals surface area contributed by atoms with Crippen LogP contribution in [0.5, 0.6) is 5.88 Å². The Morgan fingerprint density at radius 1 is 1.09 bits per heavy atom. The molecule has 1 heterocycles. The minimum Gasteiger partial charge on any atom is -0.476 e. The third-order valence-corrected chi connectivity index (χ3v) is 4.04. The molecule has 4 heteroatoms. The number of hydrogen-bond acceptors (Lipinski definition) is 3. The third-order valence-electron chi connectivity index (χ3n) is 4.04. The van der Waals surface area contributed by atoms with Crippen LogP contribution in [0.4, 0.5) is 0 Å². The van der Waals surface area contributed by atoms with Gasteiger partial charge in [-0.05, 0) is 24.6 Å². The molecule has 2 aromatic carbocycles. The molecule has 3 aromatic rings. The van der Waals surface area contributed by atoms with Crippen LogP contribution in [0.1, 0.15) is 22.8 Å². The quantitative estimate of drug-likeness (QED) is 0.741. The summed E-state index contributed by atoms with van der Waals surface area (Å²) in [6, 6.07) is 17.8. The van der Waals surface area contributed by atoms with Crippen molar-refractivity contribution in [1.82, 2.24) is 9.78 Å². The van der Waals surface area contributed by atoms with Crippen LogP contribution < -0.4 is 4.74 Å². The number of benzene rings is 2. The van der Waals surface area contributed by atoms with E-state index in [0.29, 0.717) is 24.5 Å². The fourth-order valence-corrected chi connectivity index (χ4v) is 3.06. The maximum Gasteiger partial charge on any atom is 0.244 e. The minimum atomic E-state index is 0.0596. The third kappa shape index (κ3) is 2.14. The topological polar surface area (TPSA) is 44.1 Å². The molecule has 0 bridgehead atoms. The van der Waals surface area contributed by atoms with E-state index in [1.54, 1.807) is 0 Å². The van der Waals surface area contributed by atoms with Crippen LogP contribution >= 0.6 is 0 Å². The van der Waals surface area contributed by atoms with Crippen molar-refractivity contribution >= 4 is 5.78 Å². The van der Waals surface area contributed by atoms with Crippen LogP contribution in [0.2, 0.25) is 0 Å². The predicted octanol–water partition coefficient (Wildman–Crippen LogP) is 3.68. The zero-order chi connectivity index (χ0) is 15.8. The Labute approximate surface area is 134 Å². The molecule has 0 unspecified atom stereocenters. The Hall–Kier alpha value is -2.88. The van der Waals surface area contributed by atoms with Crippen LogP contribution in [0.3, 0.4) is 0 Å². The first-order chi connectivity index (χ1) is 11.3. The molecule has 0 amide bonds. The average Bonchev–Trinajstić information content (AvgIpc) is 2.97. The summed E-state index contributed by atoms with van der Waals surface area (Å²) in [5, 5.41) is 4.57. The van der Waals surface area contributed by atoms with E-state index in [9.17, 15) is 4.79 Å². The molecule has 0 N–H and O–H groups in total. The van der Waals surface area contributed by atoms with Crippen molar-refractivity contribution in [2.45, 2.75) is 13.3 Å². The Morgan fingerprint density at radius 2 is 1.83 bits per heavy atom. The second-order valence-electron chi connectivity index (χ2n) is 5.47. The number of carbonyl (C=O) groups excluding carboxylic acids is 1. The van der Waals surface area contributed by atoms with Gasteiger partial charge in [-0.15, -0.1) is 5.10 Å². The minimum absolute atomic E-state index is 0.0596. The van der Waals surface area contributed by atoms with Crippen LogP contribution in [0.25, 0.3) is 16.9 Å². The molecule has 0 fully saturated rings. The van der Waals surface area contributed by atoms with Crippen LogP contribution in [0, 0.1) is 0 Å². The first-order valence-electron chi connectivity index (χ1n) is 7.72. The number of rotatable bonds is 3. The highest BCUT2D eigenvalue weighted by atomic mass is 16.5. The van der Waals surface area contributed by atoms with Crippen LogP contribution in [-0.4, -0.2) is 22.2 Å². The van der Waals surface area contributed by atoms with Gasteiger partial charge in [0.15, 0.2) is 5.78 Å². The van der Waals surface area contributed by atoms with Crippen molar-refractivity contribution < 1.29 is 9.53 Å². The van der Waals surface area contributed by atoms with Crippen molar-refractivity contribution in [1.29, 1.82) is 0 Å². The molecule has 0 saturated carbocycles. The van der Waals surface area contributed by atoms with Gasteiger partial charge in [0.1, 0.15) is 5.56 Å². The number of aromatic nitrogens is 2. The lowest BCUT2D eigenvalue weighted by molar-refractivity contribution is 0.0988. The Kier molecular flexibility index (Phi) is 3.23. The van der Waals surface area contributed by atoms with Gasteiger partial charge in [0.25, 0.3) is 0 Å². The highest BCUT2D eigenvalue weighted by Crippen LogP contribution is 2.39. The number of para-hydroxylation sites is 1. The maximum atomic E-state index is 12.7. The molecular formula is C19H16N2O2. The first kappa shape index (κ1) is 13.8. The molecule has 114 valence electrons. The summed E-state index contributed by atoms with van der Waals surface area (Å²) in [6.07, 6.45) is 0.393. The van der Waals surface area contributed by atoms with E-state index in [-0.39, 0.29) is 5.78 Å². The normalized spacial score (nSPS) is 12.7. The molecule has 1 aliphatic carbocycles. The van der Waals surface area contributed by atoms with Crippen molar-refractivity contribution in [3.63, 3.8) is 0 Å². The SMILES string of the molecule is CCOc1nn(-c2ccccc2)c2c1C(=O)Cc1ccccc1-2. The Balaban J connectivity index is 2.03. The standard InChI is InChI=1S/C19H16N2O2/c1-2-23-19-17-16(22)12-13-8-6-7-11-15(13)18(17)21(20-19)14-9-4-3-5-10-14/h3-11H,2,12H2,1H3. The number of hydrogen-bond donors (Lipinski definition) is 0. The number of ether oxygens (including phenoxy) is 1. The number of carbonyl (C=O) groups is 1. The van der Waals surface area contributed by atoms with Gasteiger partial charge < -0.3 is 4.74 Å². The van der Waals surface area contributed by atoms with Crippen molar-refractivity contribution in [2.24, 2.45) is 0 Å². The van der Waals surface area contributed by atoms with Crippen LogP contribution in [0.15, 0.2) is 54.6 Å². The average molecular weight is 304 g/mol. The van der Waals surface area contributed by atoms with E-state index >= 15 is 0 Å². The van der Waals surface area contributed by atoms with E-state index in [2.05, 4.69) is 5.10 Å². The van der Waals surface area contributed by atoms with E-state index in [0.717, 1.165) is 22.5 Å². The second kappa shape index (κ2) is 5.39. The highest BCUT2D eigenvalue weighted by Gasteiger charge is 2.32. The zero-order valence-electron chi connectivity index (χ0n) is 12.8. The zero-order valence-corrected chi connectivity index (χ0v) is 12.8. The molecule has 23 heavy (non-hydrogen) atoms. The fourth-order valence-electron chi connectivity index (χ4n) is 3.06. The number of Topliss-reactive ketones (excluding diaryl/α,β-unsaturated/α-hetero) is 1.